The summed E-state index contributed by atoms with van der Waals surface area (Å²) in [6.45, 7) is 3.97. The molecule has 0 bridgehead atoms. The molecule has 0 saturated carbocycles. The van der Waals surface area contributed by atoms with Crippen molar-refractivity contribution in [2.24, 2.45) is 0 Å². The van der Waals surface area contributed by atoms with Crippen molar-refractivity contribution in [3.05, 3.63) is 65.5 Å². The zero-order chi connectivity index (χ0) is 14.5. The summed E-state index contributed by atoms with van der Waals surface area (Å²) in [7, 11) is 1.83. The van der Waals surface area contributed by atoms with E-state index in [1.54, 1.807) is 12.1 Å². The molecule has 3 heteroatoms. The Morgan fingerprint density at radius 1 is 1.05 bits per heavy atom. The van der Waals surface area contributed by atoms with Gasteiger partial charge >= 0.3 is 0 Å². The molecule has 0 heterocycles. The Bertz CT molecular complexity index is 568. The monoisotopic (exact) mass is 273 g/mol. The van der Waals surface area contributed by atoms with E-state index in [0.29, 0.717) is 5.56 Å². The molecule has 0 spiro atoms. The van der Waals surface area contributed by atoms with Crippen LogP contribution in [-0.4, -0.2) is 13.2 Å². The molecule has 0 saturated heterocycles. The van der Waals surface area contributed by atoms with Crippen molar-refractivity contribution in [1.82, 2.24) is 5.32 Å². The van der Waals surface area contributed by atoms with Crippen molar-refractivity contribution in [3.8, 4) is 5.75 Å². The second kappa shape index (κ2) is 6.53. The standard InChI is InChI=1S/C17H20FNO/c1-12(2)20-14-8-6-7-13(11-14)17(19-3)15-9-4-5-10-16(15)18/h4-12,17,19H,1-3H3. The van der Waals surface area contributed by atoms with Gasteiger partial charge in [0.25, 0.3) is 0 Å². The van der Waals surface area contributed by atoms with E-state index in [1.165, 1.54) is 6.07 Å². The summed E-state index contributed by atoms with van der Waals surface area (Å²) >= 11 is 0. The van der Waals surface area contributed by atoms with Gasteiger partial charge in [-0.25, -0.2) is 4.39 Å². The number of rotatable bonds is 5. The summed E-state index contributed by atoms with van der Waals surface area (Å²) in [4.78, 5) is 0. The van der Waals surface area contributed by atoms with E-state index in [-0.39, 0.29) is 18.0 Å². The summed E-state index contributed by atoms with van der Waals surface area (Å²) < 4.78 is 19.6. The van der Waals surface area contributed by atoms with Crippen LogP contribution in [0.25, 0.3) is 0 Å². The average molecular weight is 273 g/mol. The van der Waals surface area contributed by atoms with Crippen LogP contribution in [0.4, 0.5) is 4.39 Å². The first-order valence-corrected chi connectivity index (χ1v) is 6.80. The first kappa shape index (κ1) is 14.5. The summed E-state index contributed by atoms with van der Waals surface area (Å²) in [6, 6.07) is 14.4. The normalized spacial score (nSPS) is 12.4. The van der Waals surface area contributed by atoms with Crippen LogP contribution in [0.1, 0.15) is 31.0 Å². The van der Waals surface area contributed by atoms with Gasteiger partial charge in [0.15, 0.2) is 0 Å². The average Bonchev–Trinajstić information content (AvgIpc) is 2.41. The van der Waals surface area contributed by atoms with Gasteiger partial charge < -0.3 is 10.1 Å². The molecule has 0 aliphatic heterocycles. The number of ether oxygens (including phenoxy) is 1. The van der Waals surface area contributed by atoms with E-state index in [1.807, 2.05) is 51.2 Å². The number of nitrogens with one attached hydrogen (secondary N) is 1. The van der Waals surface area contributed by atoms with Crippen LogP contribution in [-0.2, 0) is 0 Å². The maximum atomic E-state index is 14.0. The van der Waals surface area contributed by atoms with E-state index in [9.17, 15) is 4.39 Å². The SMILES string of the molecule is CNC(c1cccc(OC(C)C)c1)c1ccccc1F. The molecule has 2 aromatic rings. The molecule has 0 aliphatic carbocycles. The molecule has 0 aliphatic rings. The van der Waals surface area contributed by atoms with E-state index < -0.39 is 0 Å². The van der Waals surface area contributed by atoms with Gasteiger partial charge in [-0.15, -0.1) is 0 Å². The molecule has 2 nitrogen and oxygen atoms in total. The van der Waals surface area contributed by atoms with Gasteiger partial charge in [0.05, 0.1) is 12.1 Å². The van der Waals surface area contributed by atoms with Gasteiger partial charge in [-0.1, -0.05) is 30.3 Å². The molecule has 106 valence electrons. The minimum absolute atomic E-state index is 0.117. The molecule has 0 radical (unpaired) electrons. The van der Waals surface area contributed by atoms with Crippen molar-refractivity contribution < 1.29 is 9.13 Å². The lowest BCUT2D eigenvalue weighted by Crippen LogP contribution is -2.19. The van der Waals surface area contributed by atoms with Crippen LogP contribution in [0, 0.1) is 5.82 Å². The van der Waals surface area contributed by atoms with E-state index in [4.69, 9.17) is 4.74 Å². The second-order valence-electron chi connectivity index (χ2n) is 4.98. The molecule has 0 fully saturated rings. The summed E-state index contributed by atoms with van der Waals surface area (Å²) in [6.07, 6.45) is 0.117. The Morgan fingerprint density at radius 2 is 1.80 bits per heavy atom. The van der Waals surface area contributed by atoms with Crippen LogP contribution >= 0.6 is 0 Å². The zero-order valence-electron chi connectivity index (χ0n) is 12.1. The highest BCUT2D eigenvalue weighted by Crippen LogP contribution is 2.27. The zero-order valence-corrected chi connectivity index (χ0v) is 12.1. The maximum Gasteiger partial charge on any atom is 0.128 e. The van der Waals surface area contributed by atoms with Gasteiger partial charge in [0.2, 0.25) is 0 Å². The number of hydrogen-bond acceptors (Lipinski definition) is 2. The van der Waals surface area contributed by atoms with Crippen LogP contribution in [0.15, 0.2) is 48.5 Å². The largest absolute Gasteiger partial charge is 0.491 e. The van der Waals surface area contributed by atoms with Gasteiger partial charge in [0, 0.05) is 5.56 Å². The quantitative estimate of drug-likeness (QED) is 0.891. The summed E-state index contributed by atoms with van der Waals surface area (Å²) in [5.41, 5.74) is 1.62. The van der Waals surface area contributed by atoms with Crippen molar-refractivity contribution in [3.63, 3.8) is 0 Å². The first-order valence-electron chi connectivity index (χ1n) is 6.80. The van der Waals surface area contributed by atoms with Crippen LogP contribution in [0.2, 0.25) is 0 Å². The molecule has 20 heavy (non-hydrogen) atoms. The predicted octanol–water partition coefficient (Wildman–Crippen LogP) is 3.92. The van der Waals surface area contributed by atoms with Crippen molar-refractivity contribution in [2.75, 3.05) is 7.05 Å². The number of benzene rings is 2. The lowest BCUT2D eigenvalue weighted by atomic mass is 9.98. The van der Waals surface area contributed by atoms with E-state index >= 15 is 0 Å². The number of hydrogen-bond donors (Lipinski definition) is 1. The molecule has 2 rings (SSSR count). The summed E-state index contributed by atoms with van der Waals surface area (Å²) in [5, 5.41) is 3.16. The van der Waals surface area contributed by atoms with Crippen molar-refractivity contribution in [2.45, 2.75) is 26.0 Å². The second-order valence-corrected chi connectivity index (χ2v) is 4.98. The third-order valence-corrected chi connectivity index (χ3v) is 3.07. The molecule has 1 N–H and O–H groups in total. The summed E-state index contributed by atoms with van der Waals surface area (Å²) in [5.74, 6) is 0.594. The van der Waals surface area contributed by atoms with Gasteiger partial charge in [0.1, 0.15) is 11.6 Å². The molecule has 1 atom stereocenters. The Kier molecular flexibility index (Phi) is 4.74. The molecule has 1 unspecified atom stereocenters. The molecule has 2 aromatic carbocycles. The third kappa shape index (κ3) is 3.36. The van der Waals surface area contributed by atoms with Crippen molar-refractivity contribution >= 4 is 0 Å². The fraction of sp³-hybridized carbons (Fsp3) is 0.294. The van der Waals surface area contributed by atoms with Crippen LogP contribution in [0.3, 0.4) is 0 Å². The van der Waals surface area contributed by atoms with E-state index in [0.717, 1.165) is 11.3 Å². The van der Waals surface area contributed by atoms with Crippen LogP contribution in [0.5, 0.6) is 5.75 Å². The molecule has 0 aromatic heterocycles. The third-order valence-electron chi connectivity index (χ3n) is 3.07. The highest BCUT2D eigenvalue weighted by atomic mass is 19.1. The fourth-order valence-corrected chi connectivity index (χ4v) is 2.25. The topological polar surface area (TPSA) is 21.3 Å². The molecular formula is C17H20FNO. The van der Waals surface area contributed by atoms with Gasteiger partial charge in [-0.3, -0.25) is 0 Å². The molecular weight excluding hydrogens is 253 g/mol. The van der Waals surface area contributed by atoms with Crippen molar-refractivity contribution in [1.29, 1.82) is 0 Å². The smallest absolute Gasteiger partial charge is 0.128 e. The highest BCUT2D eigenvalue weighted by Gasteiger charge is 2.16. The van der Waals surface area contributed by atoms with Crippen LogP contribution < -0.4 is 10.1 Å². The van der Waals surface area contributed by atoms with E-state index in [2.05, 4.69) is 5.32 Å². The Labute approximate surface area is 119 Å². The number of halogens is 1. The van der Waals surface area contributed by atoms with Gasteiger partial charge in [-0.2, -0.15) is 0 Å². The Morgan fingerprint density at radius 3 is 2.45 bits per heavy atom. The fourth-order valence-electron chi connectivity index (χ4n) is 2.25. The predicted molar refractivity (Wildman–Crippen MR) is 79.5 cm³/mol. The Balaban J connectivity index is 2.35. The highest BCUT2D eigenvalue weighted by molar-refractivity contribution is 5.37. The van der Waals surface area contributed by atoms with Gasteiger partial charge in [-0.05, 0) is 44.7 Å². The first-order chi connectivity index (χ1) is 9.61. The maximum absolute atomic E-state index is 14.0. The lowest BCUT2D eigenvalue weighted by molar-refractivity contribution is 0.242. The Hall–Kier alpha value is -1.87. The minimum Gasteiger partial charge on any atom is -0.491 e. The molecule has 0 amide bonds. The lowest BCUT2D eigenvalue weighted by Gasteiger charge is -2.19. The minimum atomic E-state index is -0.206.